The van der Waals surface area contributed by atoms with Gasteiger partial charge in [0.1, 0.15) is 0 Å². The number of urea groups is 1. The number of nitrogens with zero attached hydrogens (tertiary/aromatic N) is 1. The second-order valence-electron chi connectivity index (χ2n) is 4.29. The van der Waals surface area contributed by atoms with Crippen molar-refractivity contribution in [3.63, 3.8) is 0 Å². The molecule has 0 spiro atoms. The number of nitrogens with two attached hydrogens (primary N) is 1. The highest BCUT2D eigenvalue weighted by Crippen LogP contribution is 2.25. The average Bonchev–Trinajstić information content (AvgIpc) is 2.78. The molecule has 0 radical (unpaired) electrons. The molecule has 1 unspecified atom stereocenters. The van der Waals surface area contributed by atoms with E-state index in [1.54, 1.807) is 18.3 Å². The number of primary amides is 1. The van der Waals surface area contributed by atoms with E-state index >= 15 is 0 Å². The Morgan fingerprint density at radius 2 is 2.26 bits per heavy atom. The van der Waals surface area contributed by atoms with Crippen LogP contribution in [0.15, 0.2) is 30.3 Å². The Balaban J connectivity index is 1.89. The molecule has 0 aliphatic heterocycles. The first-order valence-electron chi connectivity index (χ1n) is 5.91. The van der Waals surface area contributed by atoms with Crippen molar-refractivity contribution < 1.29 is 14.7 Å². The lowest BCUT2D eigenvalue weighted by molar-refractivity contribution is -0.0792. The molecule has 5 nitrogen and oxygen atoms in total. The van der Waals surface area contributed by atoms with Crippen LogP contribution >= 0.6 is 11.3 Å². The van der Waals surface area contributed by atoms with Gasteiger partial charge >= 0.3 is 6.03 Å². The summed E-state index contributed by atoms with van der Waals surface area (Å²) in [6, 6.07) is 9.33. The highest BCUT2D eigenvalue weighted by molar-refractivity contribution is 7.19. The zero-order chi connectivity index (χ0) is 13.8. The SMILES string of the molecule is CC(CN(O)C(N)=O)OCc1cc2ccccc2s1. The fraction of sp³-hybridized carbons (Fsp3) is 0.308. The molecule has 102 valence electrons. The molecular formula is C13H16N2O3S. The van der Waals surface area contributed by atoms with E-state index in [-0.39, 0.29) is 12.6 Å². The zero-order valence-electron chi connectivity index (χ0n) is 10.6. The van der Waals surface area contributed by atoms with E-state index in [9.17, 15) is 10.0 Å². The summed E-state index contributed by atoms with van der Waals surface area (Å²) >= 11 is 1.67. The van der Waals surface area contributed by atoms with Crippen LogP contribution in [0.4, 0.5) is 4.79 Å². The van der Waals surface area contributed by atoms with Crippen molar-refractivity contribution in [3.8, 4) is 0 Å². The molecule has 0 aliphatic rings. The predicted molar refractivity (Wildman–Crippen MR) is 74.2 cm³/mol. The third-order valence-electron chi connectivity index (χ3n) is 2.67. The number of rotatable bonds is 5. The summed E-state index contributed by atoms with van der Waals surface area (Å²) in [4.78, 5) is 11.8. The Bertz CT molecular complexity index is 537. The van der Waals surface area contributed by atoms with Crippen LogP contribution in [0.1, 0.15) is 11.8 Å². The summed E-state index contributed by atoms with van der Waals surface area (Å²) in [6.07, 6.45) is -0.289. The molecule has 2 rings (SSSR count). The summed E-state index contributed by atoms with van der Waals surface area (Å²) in [6.45, 7) is 2.28. The van der Waals surface area contributed by atoms with Crippen molar-refractivity contribution in [2.75, 3.05) is 6.54 Å². The fourth-order valence-electron chi connectivity index (χ4n) is 1.72. The van der Waals surface area contributed by atoms with Gasteiger partial charge in [-0.05, 0) is 24.4 Å². The molecule has 19 heavy (non-hydrogen) atoms. The Morgan fingerprint density at radius 1 is 1.53 bits per heavy atom. The van der Waals surface area contributed by atoms with E-state index in [4.69, 9.17) is 10.5 Å². The summed E-state index contributed by atoms with van der Waals surface area (Å²) in [5.74, 6) is 0. The fourth-order valence-corrected chi connectivity index (χ4v) is 2.71. The number of ether oxygens (including phenoxy) is 1. The largest absolute Gasteiger partial charge is 0.371 e. The number of benzene rings is 1. The van der Waals surface area contributed by atoms with E-state index in [0.717, 1.165) is 4.88 Å². The Labute approximate surface area is 115 Å². The number of thiophene rings is 1. The van der Waals surface area contributed by atoms with Crippen molar-refractivity contribution in [1.82, 2.24) is 5.06 Å². The van der Waals surface area contributed by atoms with Crippen LogP contribution in [-0.2, 0) is 11.3 Å². The van der Waals surface area contributed by atoms with E-state index in [2.05, 4.69) is 18.2 Å². The molecule has 1 aromatic carbocycles. The Kier molecular flexibility index (Phi) is 4.36. The number of hydrogen-bond donors (Lipinski definition) is 2. The minimum Gasteiger partial charge on any atom is -0.371 e. The van der Waals surface area contributed by atoms with Crippen molar-refractivity contribution in [2.45, 2.75) is 19.6 Å². The Morgan fingerprint density at radius 3 is 2.95 bits per heavy atom. The number of carbonyl (C=O) groups excluding carboxylic acids is 1. The summed E-state index contributed by atoms with van der Waals surface area (Å²) in [7, 11) is 0. The number of hydroxylamine groups is 2. The molecule has 3 N–H and O–H groups in total. The molecule has 0 fully saturated rings. The van der Waals surface area contributed by atoms with Crippen LogP contribution in [0.25, 0.3) is 10.1 Å². The minimum absolute atomic E-state index is 0.0558. The quantitative estimate of drug-likeness (QED) is 0.653. The number of carbonyl (C=O) groups is 1. The monoisotopic (exact) mass is 280 g/mol. The molecule has 0 saturated carbocycles. The number of hydrogen-bond acceptors (Lipinski definition) is 4. The highest BCUT2D eigenvalue weighted by atomic mass is 32.1. The first-order valence-corrected chi connectivity index (χ1v) is 6.73. The smallest absolute Gasteiger partial charge is 0.338 e. The van der Waals surface area contributed by atoms with Gasteiger partial charge in [-0.15, -0.1) is 11.3 Å². The van der Waals surface area contributed by atoms with E-state index in [1.165, 1.54) is 10.1 Å². The molecule has 2 amide bonds. The summed E-state index contributed by atoms with van der Waals surface area (Å²) < 4.78 is 6.80. The van der Waals surface area contributed by atoms with Crippen LogP contribution in [0, 0.1) is 0 Å². The molecule has 0 aliphatic carbocycles. The molecular weight excluding hydrogens is 264 g/mol. The Hall–Kier alpha value is -1.63. The molecule has 1 heterocycles. The van der Waals surface area contributed by atoms with Crippen molar-refractivity contribution >= 4 is 27.5 Å². The van der Waals surface area contributed by atoms with E-state index in [1.807, 2.05) is 12.1 Å². The van der Waals surface area contributed by atoms with Gasteiger partial charge in [-0.1, -0.05) is 18.2 Å². The molecule has 0 bridgehead atoms. The maximum Gasteiger partial charge on any atom is 0.338 e. The predicted octanol–water partition coefficient (Wildman–Crippen LogP) is 2.58. The van der Waals surface area contributed by atoms with Crippen molar-refractivity contribution in [3.05, 3.63) is 35.2 Å². The van der Waals surface area contributed by atoms with Gasteiger partial charge in [-0.3, -0.25) is 5.21 Å². The van der Waals surface area contributed by atoms with Gasteiger partial charge in [0.25, 0.3) is 0 Å². The lowest BCUT2D eigenvalue weighted by Crippen LogP contribution is -2.38. The third-order valence-corrected chi connectivity index (χ3v) is 3.76. The molecule has 1 atom stereocenters. The first-order chi connectivity index (χ1) is 9.06. The minimum atomic E-state index is -0.877. The van der Waals surface area contributed by atoms with Crippen LogP contribution in [-0.4, -0.2) is 29.0 Å². The van der Waals surface area contributed by atoms with E-state index < -0.39 is 6.03 Å². The zero-order valence-corrected chi connectivity index (χ0v) is 11.4. The third kappa shape index (κ3) is 3.66. The molecule has 2 aromatic rings. The topological polar surface area (TPSA) is 75.8 Å². The van der Waals surface area contributed by atoms with E-state index in [0.29, 0.717) is 11.7 Å². The summed E-state index contributed by atoms with van der Waals surface area (Å²) in [5.41, 5.74) is 4.93. The molecule has 1 aromatic heterocycles. The first kappa shape index (κ1) is 13.8. The van der Waals surface area contributed by atoms with Crippen LogP contribution < -0.4 is 5.73 Å². The van der Waals surface area contributed by atoms with Gasteiger partial charge in [0.05, 0.1) is 19.3 Å². The molecule has 6 heteroatoms. The standard InChI is InChI=1S/C13H16N2O3S/c1-9(7-15(17)13(14)16)18-8-11-6-10-4-2-3-5-12(10)19-11/h2-6,9,17H,7-8H2,1H3,(H2,14,16). The maximum absolute atomic E-state index is 10.7. The van der Waals surface area contributed by atoms with Crippen LogP contribution in [0.3, 0.4) is 0 Å². The van der Waals surface area contributed by atoms with Gasteiger partial charge in [0.15, 0.2) is 0 Å². The second-order valence-corrected chi connectivity index (χ2v) is 5.46. The van der Waals surface area contributed by atoms with Crippen molar-refractivity contribution in [1.29, 1.82) is 0 Å². The molecule has 0 saturated heterocycles. The van der Waals surface area contributed by atoms with Crippen LogP contribution in [0.5, 0.6) is 0 Å². The van der Waals surface area contributed by atoms with Gasteiger partial charge in [-0.2, -0.15) is 0 Å². The lowest BCUT2D eigenvalue weighted by Gasteiger charge is -2.17. The summed E-state index contributed by atoms with van der Waals surface area (Å²) in [5, 5.41) is 10.8. The number of fused-ring (bicyclic) bond motifs is 1. The number of amides is 2. The van der Waals surface area contributed by atoms with Gasteiger partial charge < -0.3 is 10.5 Å². The van der Waals surface area contributed by atoms with Gasteiger partial charge in [-0.25, -0.2) is 9.86 Å². The lowest BCUT2D eigenvalue weighted by atomic mass is 10.2. The van der Waals surface area contributed by atoms with Crippen LogP contribution in [0.2, 0.25) is 0 Å². The average molecular weight is 280 g/mol. The second kappa shape index (κ2) is 6.01. The van der Waals surface area contributed by atoms with Crippen molar-refractivity contribution in [2.24, 2.45) is 5.73 Å². The van der Waals surface area contributed by atoms with Gasteiger partial charge in [0.2, 0.25) is 0 Å². The van der Waals surface area contributed by atoms with Gasteiger partial charge in [0, 0.05) is 9.58 Å². The normalized spacial score (nSPS) is 12.5. The highest BCUT2D eigenvalue weighted by Gasteiger charge is 2.12. The maximum atomic E-state index is 10.7.